The molecule has 0 unspecified atom stereocenters. The van der Waals surface area contributed by atoms with Crippen LogP contribution in [0.5, 0.6) is 5.75 Å². The van der Waals surface area contributed by atoms with E-state index in [0.29, 0.717) is 6.61 Å². The summed E-state index contributed by atoms with van der Waals surface area (Å²) >= 11 is 3.42. The van der Waals surface area contributed by atoms with E-state index in [1.54, 1.807) is 6.07 Å². The molecule has 2 aromatic carbocycles. The van der Waals surface area contributed by atoms with Crippen LogP contribution in [0.25, 0.3) is 0 Å². The number of benzene rings is 2. The van der Waals surface area contributed by atoms with Crippen molar-refractivity contribution in [2.75, 3.05) is 0 Å². The molecule has 0 radical (unpaired) electrons. The Morgan fingerprint density at radius 1 is 1.25 bits per heavy atom. The smallest absolute Gasteiger partial charge is 0.125 e. The monoisotopic (exact) mass is 337 g/mol. The van der Waals surface area contributed by atoms with Crippen molar-refractivity contribution in [1.82, 2.24) is 0 Å². The molecule has 2 N–H and O–H groups in total. The number of nitrogens with two attached hydrogens (primary N) is 1. The molecule has 0 aliphatic carbocycles. The summed E-state index contributed by atoms with van der Waals surface area (Å²) in [6.07, 6.45) is 0. The Bertz CT molecular complexity index is 613. The Morgan fingerprint density at radius 2 is 2.00 bits per heavy atom. The summed E-state index contributed by atoms with van der Waals surface area (Å²) in [4.78, 5) is 0. The van der Waals surface area contributed by atoms with Crippen LogP contribution in [0.3, 0.4) is 0 Å². The van der Waals surface area contributed by atoms with E-state index in [0.717, 1.165) is 26.9 Å². The first-order chi connectivity index (χ1) is 9.47. The number of hydrogen-bond donors (Lipinski definition) is 1. The largest absolute Gasteiger partial charge is 0.489 e. The Morgan fingerprint density at radius 3 is 2.70 bits per heavy atom. The highest BCUT2D eigenvalue weighted by Gasteiger charge is 2.10. The second-order valence-electron chi connectivity index (χ2n) is 4.83. The molecule has 4 heteroatoms. The summed E-state index contributed by atoms with van der Waals surface area (Å²) in [5.74, 6) is 0.467. The average Bonchev–Trinajstić information content (AvgIpc) is 2.39. The van der Waals surface area contributed by atoms with Crippen molar-refractivity contribution in [2.24, 2.45) is 5.73 Å². The fraction of sp³-hybridized carbons (Fsp3) is 0.250. The molecule has 0 aliphatic heterocycles. The van der Waals surface area contributed by atoms with Gasteiger partial charge in [-0.1, -0.05) is 28.1 Å². The first-order valence-electron chi connectivity index (χ1n) is 6.40. The normalized spacial score (nSPS) is 12.2. The van der Waals surface area contributed by atoms with Crippen LogP contribution < -0.4 is 10.5 Å². The number of aryl methyl sites for hydroxylation is 1. The number of hydrogen-bond acceptors (Lipinski definition) is 2. The number of rotatable bonds is 4. The van der Waals surface area contributed by atoms with E-state index >= 15 is 0 Å². The second kappa shape index (κ2) is 6.37. The van der Waals surface area contributed by atoms with E-state index in [1.165, 1.54) is 12.1 Å². The molecule has 2 nitrogen and oxygen atoms in total. The summed E-state index contributed by atoms with van der Waals surface area (Å²) in [5, 5.41) is 0. The van der Waals surface area contributed by atoms with Crippen LogP contribution in [-0.2, 0) is 6.61 Å². The molecule has 1 atom stereocenters. The van der Waals surface area contributed by atoms with Crippen molar-refractivity contribution in [3.05, 3.63) is 63.4 Å². The molecule has 0 bridgehead atoms. The Kier molecular flexibility index (Phi) is 4.78. The first-order valence-corrected chi connectivity index (χ1v) is 7.19. The minimum atomic E-state index is -0.254. The van der Waals surface area contributed by atoms with Gasteiger partial charge in [-0.15, -0.1) is 0 Å². The van der Waals surface area contributed by atoms with Gasteiger partial charge in [-0.05, 0) is 49.2 Å². The Hall–Kier alpha value is -1.39. The van der Waals surface area contributed by atoms with Gasteiger partial charge in [0.2, 0.25) is 0 Å². The van der Waals surface area contributed by atoms with Gasteiger partial charge in [0.25, 0.3) is 0 Å². The quantitative estimate of drug-likeness (QED) is 0.891. The summed E-state index contributed by atoms with van der Waals surface area (Å²) in [5.41, 5.74) is 8.70. The molecule has 0 heterocycles. The molecule has 0 aliphatic rings. The zero-order chi connectivity index (χ0) is 14.7. The molecular weight excluding hydrogens is 321 g/mol. The van der Waals surface area contributed by atoms with Gasteiger partial charge >= 0.3 is 0 Å². The van der Waals surface area contributed by atoms with Crippen LogP contribution in [0.1, 0.15) is 29.7 Å². The molecule has 2 rings (SSSR count). The van der Waals surface area contributed by atoms with E-state index in [-0.39, 0.29) is 11.9 Å². The fourth-order valence-corrected chi connectivity index (χ4v) is 2.30. The van der Waals surface area contributed by atoms with Crippen LogP contribution in [0.15, 0.2) is 40.9 Å². The van der Waals surface area contributed by atoms with Crippen LogP contribution in [0.2, 0.25) is 0 Å². The molecule has 0 fully saturated rings. The van der Waals surface area contributed by atoms with Crippen molar-refractivity contribution in [3.63, 3.8) is 0 Å². The summed E-state index contributed by atoms with van der Waals surface area (Å²) in [6, 6.07) is 10.3. The predicted molar refractivity (Wildman–Crippen MR) is 82.2 cm³/mol. The zero-order valence-electron chi connectivity index (χ0n) is 11.5. The minimum Gasteiger partial charge on any atom is -0.489 e. The Labute approximate surface area is 126 Å². The highest BCUT2D eigenvalue weighted by molar-refractivity contribution is 9.10. The second-order valence-corrected chi connectivity index (χ2v) is 5.75. The third-order valence-electron chi connectivity index (χ3n) is 3.16. The van der Waals surface area contributed by atoms with Gasteiger partial charge in [0, 0.05) is 16.1 Å². The first kappa shape index (κ1) is 15.0. The van der Waals surface area contributed by atoms with Gasteiger partial charge < -0.3 is 10.5 Å². The van der Waals surface area contributed by atoms with E-state index in [9.17, 15) is 4.39 Å². The maximum atomic E-state index is 13.3. The number of ether oxygens (including phenoxy) is 1. The lowest BCUT2D eigenvalue weighted by molar-refractivity contribution is 0.300. The summed E-state index contributed by atoms with van der Waals surface area (Å²) in [7, 11) is 0. The van der Waals surface area contributed by atoms with Crippen molar-refractivity contribution < 1.29 is 9.13 Å². The molecule has 0 saturated carbocycles. The van der Waals surface area contributed by atoms with E-state index in [4.69, 9.17) is 10.5 Å². The molecule has 20 heavy (non-hydrogen) atoms. The molecule has 0 aromatic heterocycles. The standard InChI is InChI=1S/C16H17BrFNO/c1-10-3-5-14(18)7-12(10)9-20-16-8-13(17)4-6-15(16)11(2)19/h3-8,11H,9,19H2,1-2H3/t11-/m0/s1. The van der Waals surface area contributed by atoms with Gasteiger partial charge in [0.15, 0.2) is 0 Å². The maximum absolute atomic E-state index is 13.3. The summed E-state index contributed by atoms with van der Waals surface area (Å²) in [6.45, 7) is 4.16. The molecule has 0 spiro atoms. The van der Waals surface area contributed by atoms with Crippen LogP contribution in [-0.4, -0.2) is 0 Å². The highest BCUT2D eigenvalue weighted by atomic mass is 79.9. The van der Waals surface area contributed by atoms with E-state index in [1.807, 2.05) is 32.0 Å². The lowest BCUT2D eigenvalue weighted by Crippen LogP contribution is -2.08. The topological polar surface area (TPSA) is 35.2 Å². The Balaban J connectivity index is 2.22. The van der Waals surface area contributed by atoms with Gasteiger partial charge in [0.05, 0.1) is 0 Å². The SMILES string of the molecule is Cc1ccc(F)cc1COc1cc(Br)ccc1[C@H](C)N. The molecular formula is C16H17BrFNO. The van der Waals surface area contributed by atoms with Gasteiger partial charge in [0.1, 0.15) is 18.2 Å². The van der Waals surface area contributed by atoms with E-state index in [2.05, 4.69) is 15.9 Å². The van der Waals surface area contributed by atoms with Gasteiger partial charge in [-0.3, -0.25) is 0 Å². The third-order valence-corrected chi connectivity index (χ3v) is 3.65. The van der Waals surface area contributed by atoms with Crippen LogP contribution >= 0.6 is 15.9 Å². The van der Waals surface area contributed by atoms with Crippen molar-refractivity contribution in [2.45, 2.75) is 26.5 Å². The van der Waals surface area contributed by atoms with Crippen molar-refractivity contribution >= 4 is 15.9 Å². The number of halogens is 2. The predicted octanol–water partition coefficient (Wildman–Crippen LogP) is 4.50. The lowest BCUT2D eigenvalue weighted by atomic mass is 10.1. The van der Waals surface area contributed by atoms with Crippen LogP contribution in [0.4, 0.5) is 4.39 Å². The van der Waals surface area contributed by atoms with Gasteiger partial charge in [-0.25, -0.2) is 4.39 Å². The van der Waals surface area contributed by atoms with Gasteiger partial charge in [-0.2, -0.15) is 0 Å². The van der Waals surface area contributed by atoms with Crippen molar-refractivity contribution in [3.8, 4) is 5.75 Å². The molecule has 0 amide bonds. The fourth-order valence-electron chi connectivity index (χ4n) is 1.96. The molecule has 2 aromatic rings. The summed E-state index contributed by atoms with van der Waals surface area (Å²) < 4.78 is 20.0. The molecule has 0 saturated heterocycles. The molecule has 106 valence electrons. The minimum absolute atomic E-state index is 0.119. The average molecular weight is 338 g/mol. The van der Waals surface area contributed by atoms with E-state index < -0.39 is 0 Å². The lowest BCUT2D eigenvalue weighted by Gasteiger charge is -2.15. The van der Waals surface area contributed by atoms with Crippen LogP contribution in [0, 0.1) is 12.7 Å². The third kappa shape index (κ3) is 3.58. The maximum Gasteiger partial charge on any atom is 0.125 e. The highest BCUT2D eigenvalue weighted by Crippen LogP contribution is 2.28. The van der Waals surface area contributed by atoms with Crippen molar-refractivity contribution in [1.29, 1.82) is 0 Å². The zero-order valence-corrected chi connectivity index (χ0v) is 13.1.